The summed E-state index contributed by atoms with van der Waals surface area (Å²) in [6.45, 7) is 0.604. The number of ether oxygens (including phenoxy) is 1. The molecule has 0 saturated heterocycles. The third-order valence-corrected chi connectivity index (χ3v) is 3.24. The number of anilines is 1. The molecule has 7 nitrogen and oxygen atoms in total. The highest BCUT2D eigenvalue weighted by molar-refractivity contribution is 6.08. The van der Waals surface area contributed by atoms with Crippen molar-refractivity contribution in [1.82, 2.24) is 20.0 Å². The summed E-state index contributed by atoms with van der Waals surface area (Å²) in [5.74, 6) is 0.261. The summed E-state index contributed by atoms with van der Waals surface area (Å²) in [4.78, 5) is 0. The Kier molecular flexibility index (Phi) is 3.23. The van der Waals surface area contributed by atoms with E-state index in [0.29, 0.717) is 23.1 Å². The molecule has 0 aliphatic rings. The Labute approximate surface area is 120 Å². The standard InChI is InChI=1S/C14H14N6O/c1-21-13(16)10-8-20(7-9-5-3-2-4-6-9)14-11(10)12(15)17-19-18-14/h2-6,8,16H,7H2,1H3,(H2,15,17,18). The highest BCUT2D eigenvalue weighted by atomic mass is 16.5. The number of nitrogens with two attached hydrogens (primary N) is 1. The lowest BCUT2D eigenvalue weighted by Gasteiger charge is -2.03. The maximum atomic E-state index is 7.88. The van der Waals surface area contributed by atoms with Crippen LogP contribution in [0.5, 0.6) is 0 Å². The molecule has 1 aromatic carbocycles. The number of nitrogen functional groups attached to an aromatic ring is 1. The molecule has 0 spiro atoms. The smallest absolute Gasteiger partial charge is 0.215 e. The number of hydrogen-bond acceptors (Lipinski definition) is 6. The minimum absolute atomic E-state index is 0.0216. The molecule has 7 heteroatoms. The molecule has 0 radical (unpaired) electrons. The molecular weight excluding hydrogens is 268 g/mol. The predicted octanol–water partition coefficient (Wildman–Crippen LogP) is 1.43. The fourth-order valence-electron chi connectivity index (χ4n) is 2.25. The number of fused-ring (bicyclic) bond motifs is 1. The SMILES string of the molecule is COC(=N)c1cn(Cc2ccccc2)c2nnnc(N)c12. The van der Waals surface area contributed by atoms with Crippen LogP contribution in [0.2, 0.25) is 0 Å². The Balaban J connectivity index is 2.15. The zero-order valence-electron chi connectivity index (χ0n) is 11.4. The molecule has 21 heavy (non-hydrogen) atoms. The van der Waals surface area contributed by atoms with Crippen molar-refractivity contribution in [2.45, 2.75) is 6.54 Å². The zero-order valence-corrected chi connectivity index (χ0v) is 11.4. The van der Waals surface area contributed by atoms with Gasteiger partial charge in [0.05, 0.1) is 18.1 Å². The van der Waals surface area contributed by atoms with Crippen LogP contribution < -0.4 is 5.73 Å². The van der Waals surface area contributed by atoms with Crippen molar-refractivity contribution in [2.75, 3.05) is 12.8 Å². The van der Waals surface area contributed by atoms with E-state index in [4.69, 9.17) is 15.9 Å². The molecule has 0 fully saturated rings. The molecule has 0 unspecified atom stereocenters. The number of hydrogen-bond donors (Lipinski definition) is 2. The van der Waals surface area contributed by atoms with Crippen LogP contribution in [-0.2, 0) is 11.3 Å². The molecule has 0 aliphatic heterocycles. The second-order valence-electron chi connectivity index (χ2n) is 4.56. The number of aromatic nitrogens is 4. The van der Waals surface area contributed by atoms with Crippen LogP contribution in [0.4, 0.5) is 5.82 Å². The van der Waals surface area contributed by atoms with Gasteiger partial charge in [0.2, 0.25) is 5.90 Å². The maximum Gasteiger partial charge on any atom is 0.215 e. The van der Waals surface area contributed by atoms with E-state index < -0.39 is 0 Å². The largest absolute Gasteiger partial charge is 0.481 e. The molecule has 3 rings (SSSR count). The number of rotatable bonds is 3. The van der Waals surface area contributed by atoms with E-state index in [1.165, 1.54) is 7.11 Å². The Hall–Kier alpha value is -2.96. The van der Waals surface area contributed by atoms with E-state index in [1.54, 1.807) is 6.20 Å². The Bertz CT molecular complexity index is 796. The molecule has 0 bridgehead atoms. The molecule has 106 valence electrons. The number of benzene rings is 1. The van der Waals surface area contributed by atoms with Crippen LogP contribution in [-0.4, -0.2) is 33.0 Å². The molecule has 3 aromatic rings. The van der Waals surface area contributed by atoms with Crippen molar-refractivity contribution in [3.05, 3.63) is 47.7 Å². The number of methoxy groups -OCH3 is 1. The average Bonchev–Trinajstić information content (AvgIpc) is 2.88. The topological polar surface area (TPSA) is 103 Å². The van der Waals surface area contributed by atoms with Crippen LogP contribution in [0.3, 0.4) is 0 Å². The van der Waals surface area contributed by atoms with Gasteiger partial charge < -0.3 is 15.0 Å². The van der Waals surface area contributed by atoms with Crippen LogP contribution in [0.1, 0.15) is 11.1 Å². The Morgan fingerprint density at radius 3 is 2.76 bits per heavy atom. The van der Waals surface area contributed by atoms with Crippen LogP contribution >= 0.6 is 0 Å². The highest BCUT2D eigenvalue weighted by Crippen LogP contribution is 2.24. The van der Waals surface area contributed by atoms with Crippen LogP contribution in [0.15, 0.2) is 36.5 Å². The zero-order chi connectivity index (χ0) is 14.8. The first-order valence-corrected chi connectivity index (χ1v) is 6.35. The van der Waals surface area contributed by atoms with Crippen LogP contribution in [0.25, 0.3) is 11.0 Å². The van der Waals surface area contributed by atoms with E-state index in [0.717, 1.165) is 5.56 Å². The summed E-state index contributed by atoms with van der Waals surface area (Å²) in [7, 11) is 1.45. The lowest BCUT2D eigenvalue weighted by atomic mass is 10.2. The first-order valence-electron chi connectivity index (χ1n) is 6.35. The Morgan fingerprint density at radius 2 is 2.05 bits per heavy atom. The summed E-state index contributed by atoms with van der Waals surface area (Å²) in [5.41, 5.74) is 8.14. The van der Waals surface area contributed by atoms with Crippen molar-refractivity contribution in [3.8, 4) is 0 Å². The quantitative estimate of drug-likeness (QED) is 0.558. The molecule has 0 saturated carbocycles. The van der Waals surface area contributed by atoms with Gasteiger partial charge in [-0.1, -0.05) is 30.3 Å². The fraction of sp³-hybridized carbons (Fsp3) is 0.143. The second kappa shape index (κ2) is 5.20. The third kappa shape index (κ3) is 2.29. The van der Waals surface area contributed by atoms with E-state index in [-0.39, 0.29) is 11.7 Å². The lowest BCUT2D eigenvalue weighted by molar-refractivity contribution is 0.401. The van der Waals surface area contributed by atoms with Gasteiger partial charge in [0, 0.05) is 12.7 Å². The first kappa shape index (κ1) is 13.0. The van der Waals surface area contributed by atoms with Gasteiger partial charge >= 0.3 is 0 Å². The van der Waals surface area contributed by atoms with Gasteiger partial charge in [0.1, 0.15) is 0 Å². The van der Waals surface area contributed by atoms with Crippen molar-refractivity contribution >= 4 is 22.7 Å². The minimum Gasteiger partial charge on any atom is -0.481 e. The van der Waals surface area contributed by atoms with Crippen molar-refractivity contribution in [3.63, 3.8) is 0 Å². The molecular formula is C14H14N6O. The van der Waals surface area contributed by atoms with Gasteiger partial charge in [-0.2, -0.15) is 0 Å². The van der Waals surface area contributed by atoms with Crippen LogP contribution in [0, 0.1) is 5.41 Å². The molecule has 0 amide bonds. The van der Waals surface area contributed by atoms with Crippen molar-refractivity contribution < 1.29 is 4.74 Å². The van der Waals surface area contributed by atoms with Gasteiger partial charge in [-0.15, -0.1) is 10.2 Å². The van der Waals surface area contributed by atoms with E-state index in [2.05, 4.69) is 15.4 Å². The lowest BCUT2D eigenvalue weighted by Crippen LogP contribution is -2.03. The van der Waals surface area contributed by atoms with Crippen molar-refractivity contribution in [1.29, 1.82) is 5.41 Å². The summed E-state index contributed by atoms with van der Waals surface area (Å²) < 4.78 is 6.89. The molecule has 2 heterocycles. The maximum absolute atomic E-state index is 7.88. The normalized spacial score (nSPS) is 10.7. The van der Waals surface area contributed by atoms with Gasteiger partial charge in [-0.25, -0.2) is 0 Å². The summed E-state index contributed by atoms with van der Waals surface area (Å²) in [6, 6.07) is 9.95. The van der Waals surface area contributed by atoms with E-state index in [9.17, 15) is 0 Å². The van der Waals surface area contributed by atoms with Gasteiger partial charge in [-0.3, -0.25) is 5.41 Å². The Morgan fingerprint density at radius 1 is 1.29 bits per heavy atom. The predicted molar refractivity (Wildman–Crippen MR) is 79.1 cm³/mol. The van der Waals surface area contributed by atoms with Gasteiger partial charge in [-0.05, 0) is 10.8 Å². The number of nitrogens with zero attached hydrogens (tertiary/aromatic N) is 4. The molecule has 0 atom stereocenters. The number of nitrogens with one attached hydrogen (secondary N) is 1. The van der Waals surface area contributed by atoms with Gasteiger partial charge in [0.25, 0.3) is 0 Å². The fourth-order valence-corrected chi connectivity index (χ4v) is 2.25. The first-order chi connectivity index (χ1) is 10.2. The highest BCUT2D eigenvalue weighted by Gasteiger charge is 2.18. The summed E-state index contributed by atoms with van der Waals surface area (Å²) >= 11 is 0. The van der Waals surface area contributed by atoms with E-state index >= 15 is 0 Å². The molecule has 3 N–H and O–H groups in total. The minimum atomic E-state index is 0.0216. The van der Waals surface area contributed by atoms with Crippen molar-refractivity contribution in [2.24, 2.45) is 0 Å². The van der Waals surface area contributed by atoms with E-state index in [1.807, 2.05) is 34.9 Å². The average molecular weight is 282 g/mol. The summed E-state index contributed by atoms with van der Waals surface area (Å²) in [5, 5.41) is 19.9. The summed E-state index contributed by atoms with van der Waals surface area (Å²) in [6.07, 6.45) is 1.79. The molecule has 2 aromatic heterocycles. The second-order valence-corrected chi connectivity index (χ2v) is 4.56. The monoisotopic (exact) mass is 282 g/mol. The van der Waals surface area contributed by atoms with Gasteiger partial charge in [0.15, 0.2) is 11.5 Å². The third-order valence-electron chi connectivity index (χ3n) is 3.24. The molecule has 0 aliphatic carbocycles.